The normalized spacial score (nSPS) is 10.5. The second kappa shape index (κ2) is 12.5. The molecule has 2 aromatic carbocycles. The molecule has 30 heavy (non-hydrogen) atoms. The van der Waals surface area contributed by atoms with Crippen molar-refractivity contribution in [1.29, 1.82) is 0 Å². The number of carbonyl (C=O) groups is 2. The molecule has 2 aromatic rings. The molecular weight excluding hydrogens is 390 g/mol. The van der Waals surface area contributed by atoms with Crippen LogP contribution in [0.1, 0.15) is 5.56 Å². The first-order valence-electron chi connectivity index (χ1n) is 9.53. The van der Waals surface area contributed by atoms with Crippen molar-refractivity contribution < 1.29 is 33.3 Å². The zero-order valence-corrected chi connectivity index (χ0v) is 17.3. The predicted octanol–water partition coefficient (Wildman–Crippen LogP) is 3.01. The van der Waals surface area contributed by atoms with E-state index in [2.05, 4.69) is 11.9 Å². The third-order valence-electron chi connectivity index (χ3n) is 4.08. The van der Waals surface area contributed by atoms with E-state index in [4.69, 9.17) is 23.7 Å². The van der Waals surface area contributed by atoms with Gasteiger partial charge in [-0.3, -0.25) is 0 Å². The molecular formula is C22H27NO7. The minimum atomic E-state index is -0.558. The number of carbonyl (C=O) groups excluding carboxylic acids is 2. The van der Waals surface area contributed by atoms with Crippen LogP contribution in [-0.2, 0) is 19.0 Å². The Morgan fingerprint density at radius 1 is 1.03 bits per heavy atom. The Morgan fingerprint density at radius 3 is 2.40 bits per heavy atom. The number of rotatable bonds is 12. The summed E-state index contributed by atoms with van der Waals surface area (Å²) in [7, 11) is 1.61. The third-order valence-corrected chi connectivity index (χ3v) is 4.08. The van der Waals surface area contributed by atoms with Crippen molar-refractivity contribution in [2.75, 3.05) is 46.7 Å². The van der Waals surface area contributed by atoms with E-state index >= 15 is 0 Å². The van der Waals surface area contributed by atoms with Gasteiger partial charge in [0, 0.05) is 23.4 Å². The number of esters is 1. The molecule has 0 heterocycles. The first kappa shape index (κ1) is 23.2. The maximum atomic E-state index is 12.2. The van der Waals surface area contributed by atoms with Crippen LogP contribution in [-0.4, -0.2) is 58.8 Å². The summed E-state index contributed by atoms with van der Waals surface area (Å²) in [6.45, 7) is 6.92. The van der Waals surface area contributed by atoms with Crippen LogP contribution in [0.5, 0.6) is 11.5 Å². The Balaban J connectivity index is 1.68. The standard InChI is InChI=1S/C22H27NO7/c1-4-20(24)29-14-13-28-12-11-27-10-9-23-22(25)30-21-16(2)15-19(26-3)17-7-5-6-8-18(17)21/h4-8,15H,1,9-14H2,2-3H3,(H,23,25). The monoisotopic (exact) mass is 417 g/mol. The summed E-state index contributed by atoms with van der Waals surface area (Å²) in [6, 6.07) is 9.42. The van der Waals surface area contributed by atoms with E-state index < -0.39 is 12.1 Å². The second-order valence-corrected chi connectivity index (χ2v) is 6.18. The fourth-order valence-electron chi connectivity index (χ4n) is 2.69. The molecule has 162 valence electrons. The van der Waals surface area contributed by atoms with Crippen LogP contribution >= 0.6 is 0 Å². The Labute approximate surface area is 175 Å². The molecule has 1 N–H and O–H groups in total. The highest BCUT2D eigenvalue weighted by Crippen LogP contribution is 2.36. The van der Waals surface area contributed by atoms with Crippen LogP contribution in [0.15, 0.2) is 43.0 Å². The molecule has 0 saturated carbocycles. The lowest BCUT2D eigenvalue weighted by molar-refractivity contribution is -0.139. The predicted molar refractivity (Wildman–Crippen MR) is 112 cm³/mol. The molecule has 0 aliphatic rings. The van der Waals surface area contributed by atoms with Crippen molar-refractivity contribution in [3.8, 4) is 11.5 Å². The van der Waals surface area contributed by atoms with E-state index in [9.17, 15) is 9.59 Å². The molecule has 0 fully saturated rings. The van der Waals surface area contributed by atoms with Gasteiger partial charge < -0.3 is 29.0 Å². The van der Waals surface area contributed by atoms with Crippen LogP contribution in [0.2, 0.25) is 0 Å². The van der Waals surface area contributed by atoms with E-state index in [1.165, 1.54) is 0 Å². The van der Waals surface area contributed by atoms with Gasteiger partial charge in [-0.15, -0.1) is 0 Å². The number of aryl methyl sites for hydroxylation is 1. The number of benzene rings is 2. The Morgan fingerprint density at radius 2 is 1.70 bits per heavy atom. The molecule has 8 nitrogen and oxygen atoms in total. The molecule has 0 aliphatic heterocycles. The van der Waals surface area contributed by atoms with Gasteiger partial charge in [-0.25, -0.2) is 9.59 Å². The molecule has 0 spiro atoms. The summed E-state index contributed by atoms with van der Waals surface area (Å²) in [4.78, 5) is 23.0. The summed E-state index contributed by atoms with van der Waals surface area (Å²) in [6.07, 6.45) is 0.539. The van der Waals surface area contributed by atoms with Crippen LogP contribution in [0, 0.1) is 6.92 Å². The van der Waals surface area contributed by atoms with Gasteiger partial charge >= 0.3 is 12.1 Å². The van der Waals surface area contributed by atoms with E-state index in [0.717, 1.165) is 28.2 Å². The number of nitrogens with one attached hydrogen (secondary N) is 1. The number of hydrogen-bond acceptors (Lipinski definition) is 7. The average Bonchev–Trinajstić information content (AvgIpc) is 2.76. The number of hydrogen-bond donors (Lipinski definition) is 1. The minimum absolute atomic E-state index is 0.164. The fourth-order valence-corrected chi connectivity index (χ4v) is 2.69. The van der Waals surface area contributed by atoms with E-state index in [1.54, 1.807) is 7.11 Å². The highest BCUT2D eigenvalue weighted by Gasteiger charge is 2.14. The quantitative estimate of drug-likeness (QED) is 0.322. The maximum Gasteiger partial charge on any atom is 0.412 e. The SMILES string of the molecule is C=CC(=O)OCCOCCOCCNC(=O)Oc1c(C)cc(OC)c2ccccc12. The van der Waals surface area contributed by atoms with Gasteiger partial charge in [0.15, 0.2) is 0 Å². The highest BCUT2D eigenvalue weighted by molar-refractivity contribution is 5.95. The van der Waals surface area contributed by atoms with Crippen molar-refractivity contribution in [2.45, 2.75) is 6.92 Å². The molecule has 8 heteroatoms. The number of methoxy groups -OCH3 is 1. The first-order valence-corrected chi connectivity index (χ1v) is 9.53. The zero-order chi connectivity index (χ0) is 21.8. The van der Waals surface area contributed by atoms with Gasteiger partial charge in [-0.2, -0.15) is 0 Å². The van der Waals surface area contributed by atoms with Gasteiger partial charge in [-0.05, 0) is 18.6 Å². The van der Waals surface area contributed by atoms with Gasteiger partial charge in [0.25, 0.3) is 0 Å². The van der Waals surface area contributed by atoms with Crippen LogP contribution in [0.25, 0.3) is 10.8 Å². The second-order valence-electron chi connectivity index (χ2n) is 6.18. The molecule has 0 bridgehead atoms. The smallest absolute Gasteiger partial charge is 0.412 e. The fraction of sp³-hybridized carbons (Fsp3) is 0.364. The van der Waals surface area contributed by atoms with E-state index in [1.807, 2.05) is 37.3 Å². The lowest BCUT2D eigenvalue weighted by Crippen LogP contribution is -2.30. The van der Waals surface area contributed by atoms with Crippen molar-refractivity contribution in [3.05, 3.63) is 48.6 Å². The van der Waals surface area contributed by atoms with Crippen LogP contribution in [0.3, 0.4) is 0 Å². The van der Waals surface area contributed by atoms with Gasteiger partial charge in [0.05, 0.1) is 33.5 Å². The molecule has 0 saturated heterocycles. The van der Waals surface area contributed by atoms with Crippen LogP contribution in [0.4, 0.5) is 4.79 Å². The summed E-state index contributed by atoms with van der Waals surface area (Å²) in [5, 5.41) is 4.33. The zero-order valence-electron chi connectivity index (χ0n) is 17.3. The Kier molecular flexibility index (Phi) is 9.63. The largest absolute Gasteiger partial charge is 0.496 e. The topological polar surface area (TPSA) is 92.3 Å². The lowest BCUT2D eigenvalue weighted by atomic mass is 10.0. The maximum absolute atomic E-state index is 12.2. The molecule has 0 radical (unpaired) electrons. The van der Waals surface area contributed by atoms with Gasteiger partial charge in [0.1, 0.15) is 18.1 Å². The van der Waals surface area contributed by atoms with Crippen LogP contribution < -0.4 is 14.8 Å². The van der Waals surface area contributed by atoms with Crippen molar-refractivity contribution in [2.24, 2.45) is 0 Å². The Bertz CT molecular complexity index is 866. The Hall–Kier alpha value is -3.10. The molecule has 0 unspecified atom stereocenters. The number of fused-ring (bicyclic) bond motifs is 1. The summed E-state index contributed by atoms with van der Waals surface area (Å²) in [5.74, 6) is 0.742. The molecule has 0 aliphatic carbocycles. The summed E-state index contributed by atoms with van der Waals surface area (Å²) in [5.41, 5.74) is 0.799. The molecule has 0 aromatic heterocycles. The molecule has 1 amide bonds. The van der Waals surface area contributed by atoms with Gasteiger partial charge in [-0.1, -0.05) is 30.8 Å². The van der Waals surface area contributed by atoms with Gasteiger partial charge in [0.2, 0.25) is 0 Å². The number of amides is 1. The highest BCUT2D eigenvalue weighted by atomic mass is 16.6. The van der Waals surface area contributed by atoms with Crippen molar-refractivity contribution in [1.82, 2.24) is 5.32 Å². The van der Waals surface area contributed by atoms with Crippen molar-refractivity contribution >= 4 is 22.8 Å². The summed E-state index contributed by atoms with van der Waals surface area (Å²) >= 11 is 0. The third kappa shape index (κ3) is 7.06. The lowest BCUT2D eigenvalue weighted by Gasteiger charge is -2.14. The first-order chi connectivity index (χ1) is 14.6. The molecule has 0 atom stereocenters. The van der Waals surface area contributed by atoms with Crippen molar-refractivity contribution in [3.63, 3.8) is 0 Å². The minimum Gasteiger partial charge on any atom is -0.496 e. The van der Waals surface area contributed by atoms with E-state index in [-0.39, 0.29) is 13.2 Å². The molecule has 2 rings (SSSR count). The van der Waals surface area contributed by atoms with E-state index in [0.29, 0.717) is 32.1 Å². The summed E-state index contributed by atoms with van der Waals surface area (Å²) < 4.78 is 26.3. The average molecular weight is 417 g/mol. The number of ether oxygens (including phenoxy) is 5.